The summed E-state index contributed by atoms with van der Waals surface area (Å²) in [5.41, 5.74) is 1.09. The average Bonchev–Trinajstić information content (AvgIpc) is 3.89. The number of nitrogens with one attached hydrogen (secondary N) is 3. The van der Waals surface area contributed by atoms with E-state index >= 15 is 0 Å². The van der Waals surface area contributed by atoms with E-state index < -0.39 is 5.97 Å². The molecule has 5 aliphatic rings. The Morgan fingerprint density at radius 1 is 0.855 bits per heavy atom. The zero-order valence-electron chi connectivity index (χ0n) is 32.8. The van der Waals surface area contributed by atoms with Crippen LogP contribution >= 0.6 is 12.4 Å². The Balaban J connectivity index is 0.00000514. The number of anilines is 3. The lowest BCUT2D eigenvalue weighted by Gasteiger charge is -2.43. The molecule has 0 unspecified atom stereocenters. The highest BCUT2D eigenvalue weighted by atomic mass is 35.5. The first-order valence-corrected chi connectivity index (χ1v) is 20.6. The first-order chi connectivity index (χ1) is 26.3. The molecule has 5 heterocycles. The molecule has 3 aliphatic heterocycles. The topological polar surface area (TPSA) is 153 Å². The second-order valence-electron chi connectivity index (χ2n) is 16.1. The van der Waals surface area contributed by atoms with Gasteiger partial charge in [-0.15, -0.1) is 12.4 Å². The van der Waals surface area contributed by atoms with Crippen LogP contribution in [0.4, 0.5) is 17.5 Å². The zero-order valence-corrected chi connectivity index (χ0v) is 33.6. The second kappa shape index (κ2) is 19.6. The van der Waals surface area contributed by atoms with Crippen LogP contribution < -0.4 is 16.0 Å². The van der Waals surface area contributed by atoms with Gasteiger partial charge in [0.15, 0.2) is 0 Å². The van der Waals surface area contributed by atoms with Crippen molar-refractivity contribution in [3.05, 3.63) is 24.2 Å². The minimum atomic E-state index is -0.442. The molecular weight excluding hydrogens is 722 g/mol. The van der Waals surface area contributed by atoms with Crippen molar-refractivity contribution in [1.29, 1.82) is 0 Å². The molecule has 304 valence electrons. The van der Waals surface area contributed by atoms with Crippen LogP contribution in [0.3, 0.4) is 0 Å². The normalized spacial score (nSPS) is 26.6. The van der Waals surface area contributed by atoms with Crippen LogP contribution in [-0.4, -0.2) is 148 Å². The minimum Gasteiger partial charge on any atom is -0.462 e. The van der Waals surface area contributed by atoms with Crippen LogP contribution in [0.2, 0.25) is 0 Å². The first-order valence-electron chi connectivity index (χ1n) is 20.6. The van der Waals surface area contributed by atoms with Gasteiger partial charge in [0.05, 0.1) is 18.5 Å². The number of aryl methyl sites for hydroxylation is 1. The predicted octanol–water partition coefficient (Wildman–Crippen LogP) is 3.37. The summed E-state index contributed by atoms with van der Waals surface area (Å²) in [4.78, 5) is 58.0. The van der Waals surface area contributed by atoms with Gasteiger partial charge in [0.1, 0.15) is 11.4 Å². The molecule has 55 heavy (non-hydrogen) atoms. The van der Waals surface area contributed by atoms with E-state index in [4.69, 9.17) is 4.74 Å². The summed E-state index contributed by atoms with van der Waals surface area (Å²) in [5.74, 6) is 1.96. The summed E-state index contributed by atoms with van der Waals surface area (Å²) in [7, 11) is 1.84. The van der Waals surface area contributed by atoms with Gasteiger partial charge in [-0.2, -0.15) is 10.1 Å². The Hall–Kier alpha value is -3.53. The molecule has 15 nitrogen and oxygen atoms in total. The Morgan fingerprint density at radius 3 is 2.09 bits per heavy atom. The fraction of sp³-hybridized carbons (Fsp3) is 0.744. The molecule has 2 aromatic heterocycles. The van der Waals surface area contributed by atoms with Gasteiger partial charge >= 0.3 is 5.97 Å². The lowest BCUT2D eigenvalue weighted by molar-refractivity contribution is -0.143. The molecular formula is C39H62ClN11O4. The quantitative estimate of drug-likeness (QED) is 0.271. The van der Waals surface area contributed by atoms with Crippen molar-refractivity contribution in [3.63, 3.8) is 0 Å². The molecule has 0 bridgehead atoms. The lowest BCUT2D eigenvalue weighted by Crippen LogP contribution is -2.54. The van der Waals surface area contributed by atoms with Crippen molar-refractivity contribution in [3.8, 4) is 0 Å². The highest BCUT2D eigenvalue weighted by Crippen LogP contribution is 2.33. The van der Waals surface area contributed by atoms with E-state index in [9.17, 15) is 14.4 Å². The largest absolute Gasteiger partial charge is 0.462 e. The minimum absolute atomic E-state index is 0. The lowest BCUT2D eigenvalue weighted by atomic mass is 9.80. The van der Waals surface area contributed by atoms with Gasteiger partial charge < -0.3 is 30.5 Å². The van der Waals surface area contributed by atoms with Crippen LogP contribution in [0.15, 0.2) is 18.6 Å². The van der Waals surface area contributed by atoms with Gasteiger partial charge in [-0.25, -0.2) is 9.78 Å². The molecule has 3 N–H and O–H groups in total. The molecule has 0 spiro atoms. The van der Waals surface area contributed by atoms with E-state index in [1.807, 2.05) is 13.2 Å². The Labute approximate surface area is 332 Å². The smallest absolute Gasteiger partial charge is 0.343 e. The number of carbonyl (C=O) groups excluding carboxylic acids is 3. The highest BCUT2D eigenvalue weighted by molar-refractivity contribution is 5.94. The van der Waals surface area contributed by atoms with Crippen molar-refractivity contribution in [2.75, 3.05) is 89.2 Å². The fourth-order valence-electron chi connectivity index (χ4n) is 9.23. The van der Waals surface area contributed by atoms with Crippen LogP contribution in [0.5, 0.6) is 0 Å². The fourth-order valence-corrected chi connectivity index (χ4v) is 9.23. The maximum atomic E-state index is 13.6. The summed E-state index contributed by atoms with van der Waals surface area (Å²) < 4.78 is 6.99. The molecule has 1 atom stereocenters. The average molecular weight is 784 g/mol. The molecule has 0 radical (unpaired) electrons. The van der Waals surface area contributed by atoms with Crippen molar-refractivity contribution < 1.29 is 19.1 Å². The number of amides is 2. The summed E-state index contributed by atoms with van der Waals surface area (Å²) in [6.07, 6.45) is 14.9. The predicted molar refractivity (Wildman–Crippen MR) is 214 cm³/mol. The number of rotatable bonds is 12. The van der Waals surface area contributed by atoms with Crippen LogP contribution in [-0.2, 0) is 21.4 Å². The molecule has 2 aliphatic carbocycles. The second-order valence-corrected chi connectivity index (χ2v) is 16.1. The number of halogens is 1. The van der Waals surface area contributed by atoms with E-state index in [0.29, 0.717) is 35.2 Å². The Bertz CT molecular complexity index is 1560. The molecule has 7 rings (SSSR count). The monoisotopic (exact) mass is 783 g/mol. The van der Waals surface area contributed by atoms with E-state index in [-0.39, 0.29) is 36.9 Å². The van der Waals surface area contributed by atoms with E-state index in [2.05, 4.69) is 50.6 Å². The molecule has 2 saturated carbocycles. The van der Waals surface area contributed by atoms with Gasteiger partial charge in [0, 0.05) is 95.7 Å². The molecule has 0 aromatic carbocycles. The third-order valence-corrected chi connectivity index (χ3v) is 12.6. The number of carbonyl (C=O) groups is 3. The van der Waals surface area contributed by atoms with Gasteiger partial charge in [-0.05, 0) is 96.7 Å². The van der Waals surface area contributed by atoms with Gasteiger partial charge in [-0.1, -0.05) is 0 Å². The molecule has 16 heteroatoms. The molecule has 2 amide bonds. The number of nitrogens with zero attached hydrogens (tertiary/aromatic N) is 8. The summed E-state index contributed by atoms with van der Waals surface area (Å²) in [6, 6.07) is 0.653. The SMILES string of the molecule is CCOC(=O)c1cnc(Nc2cnn(C)c2)nc1NC1CCC(N2CCN(C(=O)C3CCC(C(=O)N4CCN(CC[C@H]5CCNC5)CC4)CC3)CC2)CC1.Cl. The number of piperazine rings is 2. The van der Waals surface area contributed by atoms with E-state index in [1.165, 1.54) is 19.0 Å². The van der Waals surface area contributed by atoms with Crippen molar-refractivity contribution >= 4 is 47.6 Å². The first kappa shape index (κ1) is 41.1. The number of hydrogen-bond donors (Lipinski definition) is 3. The molecule has 5 fully saturated rings. The number of hydrogen-bond acceptors (Lipinski definition) is 12. The zero-order chi connectivity index (χ0) is 37.4. The maximum Gasteiger partial charge on any atom is 0.343 e. The van der Waals surface area contributed by atoms with Crippen molar-refractivity contribution in [2.24, 2.45) is 24.8 Å². The van der Waals surface area contributed by atoms with E-state index in [1.54, 1.807) is 17.8 Å². The number of ether oxygens (including phenoxy) is 1. The third kappa shape index (κ3) is 10.7. The van der Waals surface area contributed by atoms with E-state index in [0.717, 1.165) is 135 Å². The molecule has 2 aromatic rings. The van der Waals surface area contributed by atoms with Crippen LogP contribution in [0.25, 0.3) is 0 Å². The highest BCUT2D eigenvalue weighted by Gasteiger charge is 2.37. The standard InChI is InChI=1S/C39H61N11O4.ClH/c1-3-54-38(53)34-26-41-39(44-32-25-42-46(2)27-32)45-35(34)43-31-8-10-33(11-9-31)48-20-22-50(23-21-48)37(52)30-6-4-29(5-7-30)36(51)49-18-16-47(17-19-49)15-13-28-12-14-40-24-28;/h25-31,33,40H,3-24H2,1-2H3,(H2,41,43,44,45);1H/t28-,29?,30?,31?,33?;/m1./s1. The summed E-state index contributed by atoms with van der Waals surface area (Å²) >= 11 is 0. The van der Waals surface area contributed by atoms with Gasteiger partial charge in [0.2, 0.25) is 17.8 Å². The van der Waals surface area contributed by atoms with Crippen molar-refractivity contribution in [1.82, 2.24) is 44.7 Å². The summed E-state index contributed by atoms with van der Waals surface area (Å²) in [6.45, 7) is 12.5. The van der Waals surface area contributed by atoms with Crippen LogP contribution in [0, 0.1) is 17.8 Å². The Morgan fingerprint density at radius 2 is 1.51 bits per heavy atom. The Kier molecular flexibility index (Phi) is 14.6. The van der Waals surface area contributed by atoms with Gasteiger partial charge in [0.25, 0.3) is 0 Å². The number of esters is 1. The maximum absolute atomic E-state index is 13.6. The third-order valence-electron chi connectivity index (χ3n) is 12.6. The van der Waals surface area contributed by atoms with Crippen molar-refractivity contribution in [2.45, 2.75) is 83.2 Å². The molecule has 3 saturated heterocycles. The number of aromatic nitrogens is 4. The van der Waals surface area contributed by atoms with Gasteiger partial charge in [-0.3, -0.25) is 24.1 Å². The van der Waals surface area contributed by atoms with Crippen LogP contribution in [0.1, 0.15) is 81.5 Å². The summed E-state index contributed by atoms with van der Waals surface area (Å²) in [5, 5.41) is 14.3.